The first-order chi connectivity index (χ1) is 15.0. The van der Waals surface area contributed by atoms with E-state index in [0.717, 1.165) is 36.1 Å². The Bertz CT molecular complexity index is 992. The van der Waals surface area contributed by atoms with Gasteiger partial charge in [0, 0.05) is 28.4 Å². The first kappa shape index (κ1) is 23.2. The fourth-order valence-electron chi connectivity index (χ4n) is 3.52. The van der Waals surface area contributed by atoms with E-state index in [4.69, 9.17) is 27.9 Å². The maximum atomic E-state index is 11.7. The summed E-state index contributed by atoms with van der Waals surface area (Å²) in [6, 6.07) is 14.7. The number of aromatic nitrogens is 1. The fourth-order valence-corrected chi connectivity index (χ4v) is 4.09. The van der Waals surface area contributed by atoms with Gasteiger partial charge >= 0.3 is 5.97 Å². The minimum Gasteiger partial charge on any atom is -0.489 e. The number of benzene rings is 2. The standard InChI is InChI=1S/C25H27Cl2NO3/c1-2-3-4-5-6-11-28-16-20(14-24(28)25(29)30)19-7-9-23(10-8-19)31-17-18-12-21(26)15-22(27)13-18/h7-10,12-16H,2-6,11,17H2,1H3,(H,29,30). The summed E-state index contributed by atoms with van der Waals surface area (Å²) in [5.74, 6) is -0.186. The van der Waals surface area contributed by atoms with Crippen LogP contribution in [0.5, 0.6) is 5.75 Å². The molecular formula is C25H27Cl2NO3. The Morgan fingerprint density at radius 2 is 1.61 bits per heavy atom. The van der Waals surface area contributed by atoms with E-state index >= 15 is 0 Å². The van der Waals surface area contributed by atoms with E-state index in [1.165, 1.54) is 19.3 Å². The van der Waals surface area contributed by atoms with Crippen LogP contribution in [0, 0.1) is 0 Å². The number of unbranched alkanes of at least 4 members (excludes halogenated alkanes) is 4. The van der Waals surface area contributed by atoms with Crippen molar-refractivity contribution in [1.29, 1.82) is 0 Å². The van der Waals surface area contributed by atoms with Gasteiger partial charge in [0.25, 0.3) is 0 Å². The van der Waals surface area contributed by atoms with Crippen molar-refractivity contribution in [3.05, 3.63) is 76.0 Å². The molecule has 0 spiro atoms. The van der Waals surface area contributed by atoms with Gasteiger partial charge in [-0.1, -0.05) is 67.9 Å². The van der Waals surface area contributed by atoms with Crippen LogP contribution in [-0.2, 0) is 13.2 Å². The highest BCUT2D eigenvalue weighted by Gasteiger charge is 2.13. The monoisotopic (exact) mass is 459 g/mol. The van der Waals surface area contributed by atoms with Crippen molar-refractivity contribution in [2.75, 3.05) is 0 Å². The molecule has 0 bridgehead atoms. The molecule has 31 heavy (non-hydrogen) atoms. The number of rotatable bonds is 11. The summed E-state index contributed by atoms with van der Waals surface area (Å²) >= 11 is 12.1. The summed E-state index contributed by atoms with van der Waals surface area (Å²) in [5.41, 5.74) is 3.05. The highest BCUT2D eigenvalue weighted by molar-refractivity contribution is 6.34. The molecule has 0 amide bonds. The van der Waals surface area contributed by atoms with Gasteiger partial charge in [-0.3, -0.25) is 0 Å². The summed E-state index contributed by atoms with van der Waals surface area (Å²) in [6.45, 7) is 3.26. The summed E-state index contributed by atoms with van der Waals surface area (Å²) in [4.78, 5) is 11.7. The van der Waals surface area contributed by atoms with Crippen molar-refractivity contribution < 1.29 is 14.6 Å². The summed E-state index contributed by atoms with van der Waals surface area (Å²) in [7, 11) is 0. The molecule has 4 nitrogen and oxygen atoms in total. The van der Waals surface area contributed by atoms with E-state index in [9.17, 15) is 9.90 Å². The molecule has 0 aliphatic carbocycles. The van der Waals surface area contributed by atoms with Crippen molar-refractivity contribution in [2.45, 2.75) is 52.2 Å². The average Bonchev–Trinajstić information content (AvgIpc) is 3.16. The number of halogens is 2. The molecule has 0 aliphatic rings. The third-order valence-electron chi connectivity index (χ3n) is 5.13. The quantitative estimate of drug-likeness (QED) is 0.298. The molecule has 164 valence electrons. The fraction of sp³-hybridized carbons (Fsp3) is 0.320. The first-order valence-electron chi connectivity index (χ1n) is 10.6. The maximum absolute atomic E-state index is 11.7. The molecule has 0 fully saturated rings. The minimum absolute atomic E-state index is 0.323. The van der Waals surface area contributed by atoms with Crippen LogP contribution in [0.4, 0.5) is 0 Å². The number of nitrogens with zero attached hydrogens (tertiary/aromatic N) is 1. The lowest BCUT2D eigenvalue weighted by Crippen LogP contribution is -2.07. The van der Waals surface area contributed by atoms with Crippen LogP contribution in [0.15, 0.2) is 54.7 Å². The Balaban J connectivity index is 1.65. The molecular weight excluding hydrogens is 433 g/mol. The van der Waals surface area contributed by atoms with Crippen molar-refractivity contribution in [2.24, 2.45) is 0 Å². The number of carboxylic acids is 1. The summed E-state index contributed by atoms with van der Waals surface area (Å²) < 4.78 is 7.67. The Kier molecular flexibility index (Phi) is 8.44. The van der Waals surface area contributed by atoms with Crippen LogP contribution in [0.2, 0.25) is 10.0 Å². The highest BCUT2D eigenvalue weighted by atomic mass is 35.5. The largest absolute Gasteiger partial charge is 0.489 e. The first-order valence-corrected chi connectivity index (χ1v) is 11.3. The Morgan fingerprint density at radius 3 is 2.26 bits per heavy atom. The van der Waals surface area contributed by atoms with E-state index in [-0.39, 0.29) is 0 Å². The molecule has 6 heteroatoms. The predicted molar refractivity (Wildman–Crippen MR) is 126 cm³/mol. The van der Waals surface area contributed by atoms with Gasteiger partial charge in [0.05, 0.1) is 0 Å². The van der Waals surface area contributed by atoms with Crippen molar-refractivity contribution >= 4 is 29.2 Å². The van der Waals surface area contributed by atoms with Crippen LogP contribution in [0.25, 0.3) is 11.1 Å². The van der Waals surface area contributed by atoms with E-state index in [1.54, 1.807) is 12.1 Å². The second kappa shape index (κ2) is 11.3. The number of ether oxygens (including phenoxy) is 1. The normalized spacial score (nSPS) is 10.9. The zero-order valence-corrected chi connectivity index (χ0v) is 19.1. The number of aromatic carboxylic acids is 1. The Morgan fingerprint density at radius 1 is 0.935 bits per heavy atom. The topological polar surface area (TPSA) is 51.5 Å². The number of carboxylic acid groups (broad SMARTS) is 1. The smallest absolute Gasteiger partial charge is 0.352 e. The van der Waals surface area contributed by atoms with Gasteiger partial charge < -0.3 is 14.4 Å². The molecule has 1 aromatic heterocycles. The van der Waals surface area contributed by atoms with Gasteiger partial charge in [-0.25, -0.2) is 4.79 Å². The van der Waals surface area contributed by atoms with Crippen LogP contribution >= 0.6 is 23.2 Å². The number of carbonyl (C=O) groups is 1. The second-order valence-corrected chi connectivity index (χ2v) is 8.49. The van der Waals surface area contributed by atoms with Crippen molar-refractivity contribution in [3.63, 3.8) is 0 Å². The second-order valence-electron chi connectivity index (χ2n) is 7.62. The number of aryl methyl sites for hydroxylation is 1. The van der Waals surface area contributed by atoms with Gasteiger partial charge in [0.15, 0.2) is 0 Å². The van der Waals surface area contributed by atoms with Crippen LogP contribution in [-0.4, -0.2) is 15.6 Å². The van der Waals surface area contributed by atoms with Crippen molar-refractivity contribution in [3.8, 4) is 16.9 Å². The summed E-state index contributed by atoms with van der Waals surface area (Å²) in [6.07, 6.45) is 7.63. The van der Waals surface area contributed by atoms with E-state index in [2.05, 4.69) is 6.92 Å². The van der Waals surface area contributed by atoms with Crippen LogP contribution in [0.1, 0.15) is 55.1 Å². The van der Waals surface area contributed by atoms with Gasteiger partial charge in [-0.15, -0.1) is 0 Å². The molecule has 0 atom stereocenters. The zero-order chi connectivity index (χ0) is 22.2. The van der Waals surface area contributed by atoms with Crippen molar-refractivity contribution in [1.82, 2.24) is 4.57 Å². The Labute approximate surface area is 193 Å². The highest BCUT2D eigenvalue weighted by Crippen LogP contribution is 2.26. The van der Waals surface area contributed by atoms with Crippen LogP contribution in [0.3, 0.4) is 0 Å². The molecule has 0 aliphatic heterocycles. The SMILES string of the molecule is CCCCCCCn1cc(-c2ccc(OCc3cc(Cl)cc(Cl)c3)cc2)cc1C(=O)O. The molecule has 0 radical (unpaired) electrons. The van der Waals surface area contributed by atoms with E-state index < -0.39 is 5.97 Å². The van der Waals surface area contributed by atoms with E-state index in [1.807, 2.05) is 47.2 Å². The lowest BCUT2D eigenvalue weighted by Gasteiger charge is -2.08. The lowest BCUT2D eigenvalue weighted by molar-refractivity contribution is 0.0685. The molecule has 2 aromatic carbocycles. The third-order valence-corrected chi connectivity index (χ3v) is 5.57. The molecule has 1 N–H and O–H groups in total. The average molecular weight is 460 g/mol. The molecule has 3 aromatic rings. The van der Waals surface area contributed by atoms with Crippen LogP contribution < -0.4 is 4.74 Å². The lowest BCUT2D eigenvalue weighted by atomic mass is 10.1. The molecule has 1 heterocycles. The molecule has 0 saturated heterocycles. The molecule has 3 rings (SSSR count). The zero-order valence-electron chi connectivity index (χ0n) is 17.6. The third kappa shape index (κ3) is 6.78. The predicted octanol–water partition coefficient (Wildman–Crippen LogP) is 7.71. The van der Waals surface area contributed by atoms with Gasteiger partial charge in [-0.05, 0) is 53.9 Å². The maximum Gasteiger partial charge on any atom is 0.352 e. The number of hydrogen-bond acceptors (Lipinski definition) is 2. The van der Waals surface area contributed by atoms with E-state index in [0.29, 0.717) is 28.1 Å². The molecule has 0 saturated carbocycles. The number of hydrogen-bond donors (Lipinski definition) is 1. The minimum atomic E-state index is -0.903. The van der Waals surface area contributed by atoms with Gasteiger partial charge in [-0.2, -0.15) is 0 Å². The van der Waals surface area contributed by atoms with Gasteiger partial charge in [0.1, 0.15) is 18.1 Å². The Hall–Kier alpha value is -2.43. The summed E-state index contributed by atoms with van der Waals surface area (Å²) in [5, 5.41) is 10.7. The van der Waals surface area contributed by atoms with Gasteiger partial charge in [0.2, 0.25) is 0 Å². The molecule has 0 unspecified atom stereocenters.